The Labute approximate surface area is 316 Å². The van der Waals surface area contributed by atoms with Gasteiger partial charge in [0.1, 0.15) is 0 Å². The van der Waals surface area contributed by atoms with Crippen LogP contribution in [0.3, 0.4) is 0 Å². The maximum absolute atomic E-state index is 10.3. The second kappa shape index (κ2) is 46.5. The van der Waals surface area contributed by atoms with Gasteiger partial charge in [0, 0.05) is 12.8 Å². The Balaban J connectivity index is -0.000000150. The normalized spacial score (nSPS) is 10.3. The molecule has 0 spiro atoms. The third kappa shape index (κ3) is 53.7. The van der Waals surface area contributed by atoms with Crippen molar-refractivity contribution in [3.63, 3.8) is 0 Å². The number of carboxylic acid groups (broad SMARTS) is 2. The first kappa shape index (κ1) is 50.0. The van der Waals surface area contributed by atoms with E-state index in [2.05, 4.69) is 13.8 Å². The number of hydrogen-bond donors (Lipinski definition) is 2. The van der Waals surface area contributed by atoms with Crippen molar-refractivity contribution in [1.29, 1.82) is 0 Å². The number of unbranched alkanes of at least 4 members (excludes halogenated alkanes) is 28. The molecule has 0 amide bonds. The van der Waals surface area contributed by atoms with Crippen molar-refractivity contribution in [2.24, 2.45) is 0 Å². The fourth-order valence-electron chi connectivity index (χ4n) is 5.30. The Kier molecular flexibility index (Phi) is 55.4. The average molecular weight is 820 g/mol. The summed E-state index contributed by atoms with van der Waals surface area (Å²) in [7, 11) is 0. The standard InChI is InChI=1S/2C18H36O2.Ca.Pb.4H/c2*1-2-3-4-5-6-7-8-9-10-11-12-13-14-15-16-17-18(19)20;;;;;;/h2*2-17H2,1H3,(H,19,20);;;;;;/q;;+2;;;;2*-1. The summed E-state index contributed by atoms with van der Waals surface area (Å²) in [6.45, 7) is 4.54. The fourth-order valence-corrected chi connectivity index (χ4v) is 5.30. The summed E-state index contributed by atoms with van der Waals surface area (Å²) in [6, 6.07) is 0. The van der Waals surface area contributed by atoms with Crippen LogP contribution in [0.4, 0.5) is 0 Å². The monoisotopic (exact) mass is 821 g/mol. The topological polar surface area (TPSA) is 74.6 Å². The zero-order chi connectivity index (χ0) is 29.8. The van der Waals surface area contributed by atoms with Crippen LogP contribution in [-0.2, 0) is 9.59 Å². The van der Waals surface area contributed by atoms with E-state index in [1.807, 2.05) is 0 Å². The molecule has 250 valence electrons. The molecule has 0 atom stereocenters. The van der Waals surface area contributed by atoms with E-state index < -0.39 is 11.9 Å². The van der Waals surface area contributed by atoms with Gasteiger partial charge in [-0.3, -0.25) is 9.59 Å². The molecule has 0 unspecified atom stereocenters. The van der Waals surface area contributed by atoms with Crippen LogP contribution in [0.1, 0.15) is 222 Å². The predicted molar refractivity (Wildman–Crippen MR) is 191 cm³/mol. The van der Waals surface area contributed by atoms with Gasteiger partial charge in [0.25, 0.3) is 0 Å². The molecule has 6 heteroatoms. The summed E-state index contributed by atoms with van der Waals surface area (Å²) in [5, 5.41) is 17.0. The van der Waals surface area contributed by atoms with Gasteiger partial charge in [-0.25, -0.2) is 0 Å². The number of rotatable bonds is 32. The van der Waals surface area contributed by atoms with E-state index >= 15 is 0 Å². The molecular formula is C36H76CaO4Pb. The van der Waals surface area contributed by atoms with Crippen molar-refractivity contribution < 1.29 is 22.7 Å². The summed E-state index contributed by atoms with van der Waals surface area (Å²) < 4.78 is 0. The van der Waals surface area contributed by atoms with E-state index in [1.54, 1.807) is 0 Å². The molecule has 2 radical (unpaired) electrons. The van der Waals surface area contributed by atoms with E-state index in [-0.39, 0.29) is 67.9 Å². The average Bonchev–Trinajstić information content (AvgIpc) is 2.93. The molecular weight excluding hydrogens is 744 g/mol. The Hall–Kier alpha value is 1.12. The van der Waals surface area contributed by atoms with Crippen LogP contribution < -0.4 is 0 Å². The minimum absolute atomic E-state index is 0. The maximum atomic E-state index is 10.3. The Morgan fingerprint density at radius 3 is 0.643 bits per heavy atom. The van der Waals surface area contributed by atoms with Gasteiger partial charge in [-0.05, 0) is 12.8 Å². The Bertz CT molecular complexity index is 473. The third-order valence-electron chi connectivity index (χ3n) is 7.99. The van der Waals surface area contributed by atoms with Crippen molar-refractivity contribution in [2.45, 2.75) is 219 Å². The van der Waals surface area contributed by atoms with Crippen molar-refractivity contribution in [2.75, 3.05) is 0 Å². The molecule has 0 fully saturated rings. The molecule has 0 aromatic heterocycles. The van der Waals surface area contributed by atoms with Gasteiger partial charge in [-0.15, -0.1) is 0 Å². The Morgan fingerprint density at radius 2 is 0.500 bits per heavy atom. The van der Waals surface area contributed by atoms with Gasteiger partial charge in [0.05, 0.1) is 0 Å². The summed E-state index contributed by atoms with van der Waals surface area (Å²) in [5.41, 5.74) is 0. The molecule has 0 aliphatic rings. The first-order valence-electron chi connectivity index (χ1n) is 18.0. The molecule has 4 nitrogen and oxygen atoms in total. The van der Waals surface area contributed by atoms with Crippen LogP contribution in [0.15, 0.2) is 0 Å². The van der Waals surface area contributed by atoms with Crippen LogP contribution >= 0.6 is 0 Å². The van der Waals surface area contributed by atoms with Gasteiger partial charge in [-0.1, -0.05) is 194 Å². The van der Waals surface area contributed by atoms with Crippen LogP contribution in [0.25, 0.3) is 0 Å². The second-order valence-electron chi connectivity index (χ2n) is 12.2. The first-order chi connectivity index (χ1) is 19.5. The number of carbonyl (C=O) groups is 2. The van der Waals surface area contributed by atoms with Gasteiger partial charge in [-0.2, -0.15) is 0 Å². The van der Waals surface area contributed by atoms with E-state index in [1.165, 1.54) is 167 Å². The summed E-state index contributed by atoms with van der Waals surface area (Å²) in [5.74, 6) is -1.31. The van der Waals surface area contributed by atoms with Gasteiger partial charge >= 0.3 is 77.0 Å². The molecule has 0 rings (SSSR count). The zero-order valence-corrected chi connectivity index (χ0v) is 36.5. The molecule has 2 N–H and O–H groups in total. The van der Waals surface area contributed by atoms with Gasteiger partial charge in [0.2, 0.25) is 0 Å². The summed E-state index contributed by atoms with van der Waals surface area (Å²) in [6.07, 6.45) is 40.4. The molecule has 0 aromatic carbocycles. The molecule has 0 saturated heterocycles. The Morgan fingerprint density at radius 1 is 0.357 bits per heavy atom. The summed E-state index contributed by atoms with van der Waals surface area (Å²) >= 11 is 0. The number of carboxylic acids is 2. The quantitative estimate of drug-likeness (QED) is 0.0524. The van der Waals surface area contributed by atoms with Crippen LogP contribution in [0.5, 0.6) is 0 Å². The molecule has 0 heterocycles. The number of aliphatic carboxylic acids is 2. The predicted octanol–water partition coefficient (Wildman–Crippen LogP) is 11.6. The molecule has 42 heavy (non-hydrogen) atoms. The van der Waals surface area contributed by atoms with Crippen LogP contribution in [0.2, 0.25) is 0 Å². The van der Waals surface area contributed by atoms with Crippen molar-refractivity contribution >= 4 is 77.0 Å². The molecule has 0 aromatic rings. The van der Waals surface area contributed by atoms with E-state index in [9.17, 15) is 9.59 Å². The van der Waals surface area contributed by atoms with Gasteiger partial charge < -0.3 is 13.1 Å². The molecule has 0 aliphatic carbocycles. The van der Waals surface area contributed by atoms with Crippen LogP contribution in [0, 0.1) is 0 Å². The second-order valence-corrected chi connectivity index (χ2v) is 12.2. The fraction of sp³-hybridized carbons (Fsp3) is 0.944. The first-order valence-corrected chi connectivity index (χ1v) is 18.0. The molecule has 0 saturated carbocycles. The minimum atomic E-state index is -0.653. The van der Waals surface area contributed by atoms with Crippen LogP contribution in [-0.4, -0.2) is 87.2 Å². The summed E-state index contributed by atoms with van der Waals surface area (Å²) in [4.78, 5) is 20.7. The van der Waals surface area contributed by atoms with E-state index in [0.29, 0.717) is 12.8 Å². The molecule has 0 bridgehead atoms. The third-order valence-corrected chi connectivity index (χ3v) is 7.99. The van der Waals surface area contributed by atoms with Gasteiger partial charge in [0.15, 0.2) is 0 Å². The zero-order valence-electron chi connectivity index (χ0n) is 30.8. The van der Waals surface area contributed by atoms with E-state index in [4.69, 9.17) is 10.2 Å². The molecule has 0 aliphatic heterocycles. The van der Waals surface area contributed by atoms with Crippen molar-refractivity contribution in [3.8, 4) is 0 Å². The number of hydrogen-bond acceptors (Lipinski definition) is 2. The SMILES string of the molecule is CCCCCCCCCCCCCCCCCC(=O)O.CCCCCCCCCCCCCCCCCC(=O)O.[Ca+2].[H-].[H-].[PbH2]. The van der Waals surface area contributed by atoms with Crippen molar-refractivity contribution in [3.05, 3.63) is 0 Å². The van der Waals surface area contributed by atoms with Crippen molar-refractivity contribution in [1.82, 2.24) is 0 Å². The van der Waals surface area contributed by atoms with E-state index in [0.717, 1.165) is 25.7 Å².